The molecule has 2 unspecified atom stereocenters. The lowest BCUT2D eigenvalue weighted by atomic mass is 10.2. The van der Waals surface area contributed by atoms with Gasteiger partial charge in [-0.2, -0.15) is 13.2 Å². The van der Waals surface area contributed by atoms with E-state index in [1.165, 1.54) is 24.5 Å². The van der Waals surface area contributed by atoms with Crippen molar-refractivity contribution in [2.75, 3.05) is 13.6 Å². The fourth-order valence-corrected chi connectivity index (χ4v) is 5.91. The summed E-state index contributed by atoms with van der Waals surface area (Å²) in [5.74, 6) is 0. The molecule has 3 aromatic heterocycles. The highest BCUT2D eigenvalue weighted by molar-refractivity contribution is 7.90. The monoisotopic (exact) mass is 521 g/mol. The molecule has 1 aliphatic rings. The van der Waals surface area contributed by atoms with Crippen LogP contribution < -0.4 is 5.32 Å². The van der Waals surface area contributed by atoms with E-state index < -0.39 is 28.8 Å². The lowest BCUT2D eigenvalue weighted by molar-refractivity contribution is -0.137. The molecule has 0 spiro atoms. The summed E-state index contributed by atoms with van der Waals surface area (Å²) >= 11 is 0. The van der Waals surface area contributed by atoms with Crippen molar-refractivity contribution in [2.24, 2.45) is 0 Å². The summed E-state index contributed by atoms with van der Waals surface area (Å²) in [6, 6.07) is 8.34. The van der Waals surface area contributed by atoms with Crippen LogP contribution in [0.5, 0.6) is 0 Å². The van der Waals surface area contributed by atoms with Crippen molar-refractivity contribution in [3.05, 3.63) is 48.8 Å². The summed E-state index contributed by atoms with van der Waals surface area (Å²) in [4.78, 5) is 17.2. The van der Waals surface area contributed by atoms with E-state index in [2.05, 4.69) is 20.6 Å². The van der Waals surface area contributed by atoms with Crippen LogP contribution in [0.15, 0.2) is 53.7 Å². The van der Waals surface area contributed by atoms with Crippen LogP contribution >= 0.6 is 0 Å². The molecular formula is C22H22F3N7O3S. The molecule has 36 heavy (non-hydrogen) atoms. The molecule has 0 radical (unpaired) electrons. The standard InChI is InChI=1S/C22H22F3N7O3S/c1-30(13-22(23,24)25)21(33)27-14-7-8-15(11-14)32-19-17-9-10-31(20(17)26-12-18(19)28-29-32)36(34,35)16-5-3-2-4-6-16/h2-6,9-10,12,14-15H,7-8,11,13H2,1H3,(H,27,33). The first kappa shape index (κ1) is 24.0. The lowest BCUT2D eigenvalue weighted by Crippen LogP contribution is -2.45. The number of carbonyl (C=O) groups is 1. The molecule has 1 fully saturated rings. The van der Waals surface area contributed by atoms with Crippen LogP contribution in [0.3, 0.4) is 0 Å². The first-order valence-corrected chi connectivity index (χ1v) is 12.6. The predicted molar refractivity (Wildman–Crippen MR) is 124 cm³/mol. The number of alkyl halides is 3. The van der Waals surface area contributed by atoms with Crippen LogP contribution in [0.4, 0.5) is 18.0 Å². The number of carbonyl (C=O) groups excluding carboxylic acids is 1. The highest BCUT2D eigenvalue weighted by Gasteiger charge is 2.34. The molecule has 1 N–H and O–H groups in total. The van der Waals surface area contributed by atoms with Crippen molar-refractivity contribution in [3.8, 4) is 0 Å². The number of rotatable bonds is 5. The van der Waals surface area contributed by atoms with Gasteiger partial charge in [0.1, 0.15) is 17.6 Å². The number of amides is 2. The predicted octanol–water partition coefficient (Wildman–Crippen LogP) is 3.32. The maximum atomic E-state index is 13.2. The Hall–Kier alpha value is -3.68. The van der Waals surface area contributed by atoms with Crippen LogP contribution in [0.2, 0.25) is 0 Å². The van der Waals surface area contributed by atoms with Crippen molar-refractivity contribution in [2.45, 2.75) is 42.4 Å². The number of aromatic nitrogens is 5. The van der Waals surface area contributed by atoms with Gasteiger partial charge < -0.3 is 10.2 Å². The third-order valence-electron chi connectivity index (χ3n) is 6.25. The number of hydrogen-bond donors (Lipinski definition) is 1. The number of pyridine rings is 1. The fourth-order valence-electron chi connectivity index (χ4n) is 4.59. The molecule has 0 aliphatic heterocycles. The Morgan fingerprint density at radius 2 is 1.94 bits per heavy atom. The largest absolute Gasteiger partial charge is 0.406 e. The van der Waals surface area contributed by atoms with E-state index in [1.54, 1.807) is 28.9 Å². The second-order valence-corrected chi connectivity index (χ2v) is 10.6. The maximum absolute atomic E-state index is 13.2. The Morgan fingerprint density at radius 3 is 2.67 bits per heavy atom. The first-order chi connectivity index (χ1) is 17.0. The van der Waals surface area contributed by atoms with E-state index >= 15 is 0 Å². The summed E-state index contributed by atoms with van der Waals surface area (Å²) < 4.78 is 66.9. The minimum absolute atomic E-state index is 0.126. The van der Waals surface area contributed by atoms with Gasteiger partial charge in [-0.05, 0) is 37.5 Å². The Kier molecular flexibility index (Phi) is 5.85. The third kappa shape index (κ3) is 4.36. The average molecular weight is 522 g/mol. The summed E-state index contributed by atoms with van der Waals surface area (Å²) in [7, 11) is -2.78. The van der Waals surface area contributed by atoms with Crippen molar-refractivity contribution < 1.29 is 26.4 Å². The molecule has 1 aromatic carbocycles. The van der Waals surface area contributed by atoms with Gasteiger partial charge in [0.25, 0.3) is 10.0 Å². The number of halogens is 3. The zero-order valence-corrected chi connectivity index (χ0v) is 19.9. The molecule has 4 aromatic rings. The van der Waals surface area contributed by atoms with Crippen LogP contribution in [0.25, 0.3) is 22.1 Å². The van der Waals surface area contributed by atoms with Crippen LogP contribution in [0, 0.1) is 0 Å². The zero-order chi connectivity index (χ0) is 25.7. The Labute approximate surface area is 203 Å². The fraction of sp³-hybridized carbons (Fsp3) is 0.364. The highest BCUT2D eigenvalue weighted by Crippen LogP contribution is 2.34. The summed E-state index contributed by atoms with van der Waals surface area (Å²) in [6.07, 6.45) is 0.0164. The minimum atomic E-state index is -4.48. The molecule has 14 heteroatoms. The molecule has 2 amide bonds. The molecular weight excluding hydrogens is 499 g/mol. The number of hydrogen-bond acceptors (Lipinski definition) is 6. The number of nitrogens with one attached hydrogen (secondary N) is 1. The van der Waals surface area contributed by atoms with Crippen molar-refractivity contribution in [3.63, 3.8) is 0 Å². The molecule has 0 bridgehead atoms. The number of nitrogens with zero attached hydrogens (tertiary/aromatic N) is 6. The number of urea groups is 1. The van der Waals surface area contributed by atoms with E-state index in [9.17, 15) is 26.4 Å². The van der Waals surface area contributed by atoms with Gasteiger partial charge in [0.2, 0.25) is 0 Å². The molecule has 1 saturated carbocycles. The average Bonchev–Trinajstić information content (AvgIpc) is 3.55. The summed E-state index contributed by atoms with van der Waals surface area (Å²) in [6.45, 7) is -1.34. The molecule has 3 heterocycles. The van der Waals surface area contributed by atoms with Gasteiger partial charge in [0, 0.05) is 24.7 Å². The van der Waals surface area contributed by atoms with Gasteiger partial charge in [0.05, 0.1) is 17.1 Å². The van der Waals surface area contributed by atoms with E-state index in [0.717, 1.165) is 11.0 Å². The van der Waals surface area contributed by atoms with E-state index in [4.69, 9.17) is 0 Å². The minimum Gasteiger partial charge on any atom is -0.335 e. The molecule has 190 valence electrons. The zero-order valence-electron chi connectivity index (χ0n) is 19.1. The van der Waals surface area contributed by atoms with Gasteiger partial charge in [0.15, 0.2) is 5.65 Å². The Bertz CT molecular complexity index is 1530. The number of benzene rings is 1. The maximum Gasteiger partial charge on any atom is 0.406 e. The summed E-state index contributed by atoms with van der Waals surface area (Å²) in [5.41, 5.74) is 1.31. The Morgan fingerprint density at radius 1 is 1.19 bits per heavy atom. The van der Waals surface area contributed by atoms with E-state index in [0.29, 0.717) is 40.6 Å². The van der Waals surface area contributed by atoms with Gasteiger partial charge in [-0.3, -0.25) is 0 Å². The second-order valence-electron chi connectivity index (χ2n) is 8.78. The van der Waals surface area contributed by atoms with Gasteiger partial charge in [-0.1, -0.05) is 23.4 Å². The molecule has 2 atom stereocenters. The van der Waals surface area contributed by atoms with Crippen LogP contribution in [-0.4, -0.2) is 69.1 Å². The quantitative estimate of drug-likeness (QED) is 0.431. The molecule has 0 saturated heterocycles. The Balaban J connectivity index is 1.42. The molecule has 5 rings (SSSR count). The highest BCUT2D eigenvalue weighted by atomic mass is 32.2. The normalized spacial score (nSPS) is 18.7. The van der Waals surface area contributed by atoms with Gasteiger partial charge >= 0.3 is 12.2 Å². The van der Waals surface area contributed by atoms with E-state index in [1.807, 2.05) is 0 Å². The molecule has 10 nitrogen and oxygen atoms in total. The SMILES string of the molecule is CN(CC(F)(F)F)C(=O)NC1CCC(n2nnc3cnc4c(ccn4S(=O)(=O)c4ccccc4)c32)C1. The smallest absolute Gasteiger partial charge is 0.335 e. The summed E-state index contributed by atoms with van der Waals surface area (Å²) in [5, 5.41) is 11.6. The van der Waals surface area contributed by atoms with Crippen LogP contribution in [0.1, 0.15) is 25.3 Å². The van der Waals surface area contributed by atoms with Crippen molar-refractivity contribution >= 4 is 38.1 Å². The lowest BCUT2D eigenvalue weighted by Gasteiger charge is -2.22. The van der Waals surface area contributed by atoms with E-state index in [-0.39, 0.29) is 22.6 Å². The number of fused-ring (bicyclic) bond motifs is 3. The van der Waals surface area contributed by atoms with Crippen molar-refractivity contribution in [1.29, 1.82) is 0 Å². The van der Waals surface area contributed by atoms with Gasteiger partial charge in [-0.25, -0.2) is 26.9 Å². The third-order valence-corrected chi connectivity index (χ3v) is 7.93. The van der Waals surface area contributed by atoms with Gasteiger partial charge in [-0.15, -0.1) is 5.10 Å². The first-order valence-electron chi connectivity index (χ1n) is 11.1. The second kappa shape index (κ2) is 8.76. The van der Waals surface area contributed by atoms with Crippen LogP contribution in [-0.2, 0) is 10.0 Å². The molecule has 1 aliphatic carbocycles. The topological polar surface area (TPSA) is 115 Å². The van der Waals surface area contributed by atoms with Crippen molar-refractivity contribution in [1.82, 2.24) is 34.2 Å².